The molecule has 1 aliphatic rings. The van der Waals surface area contributed by atoms with Gasteiger partial charge in [-0.25, -0.2) is 4.39 Å². The fraction of sp³-hybridized carbons (Fsp3) is 0.600. The van der Waals surface area contributed by atoms with Crippen molar-refractivity contribution in [3.8, 4) is 0 Å². The van der Waals surface area contributed by atoms with Gasteiger partial charge in [-0.05, 0) is 37.0 Å². The Kier molecular flexibility index (Phi) is 6.34. The largest absolute Gasteiger partial charge is 0.611 e. The second-order valence-corrected chi connectivity index (χ2v) is 7.44. The van der Waals surface area contributed by atoms with Crippen molar-refractivity contribution in [2.75, 3.05) is 23.7 Å². The van der Waals surface area contributed by atoms with Gasteiger partial charge in [-0.1, -0.05) is 0 Å². The van der Waals surface area contributed by atoms with Crippen LogP contribution in [0.25, 0.3) is 0 Å². The summed E-state index contributed by atoms with van der Waals surface area (Å²) in [7, 11) is 0. The van der Waals surface area contributed by atoms with Gasteiger partial charge in [-0.3, -0.25) is 5.32 Å². The normalized spacial score (nSPS) is 19.9. The third-order valence-corrected chi connectivity index (χ3v) is 5.40. The molecule has 1 aromatic rings. The van der Waals surface area contributed by atoms with Crippen LogP contribution in [-0.4, -0.2) is 41.9 Å². The Morgan fingerprint density at radius 3 is 2.42 bits per heavy atom. The zero-order chi connectivity index (χ0) is 19.7. The SMILES string of the molecule is Cc1cc(F)c(N2CCCC2NCC(F)(F)F)cc1[S+]([O-])CC(F)(F)F. The van der Waals surface area contributed by atoms with Crippen molar-refractivity contribution < 1.29 is 35.3 Å². The molecule has 1 heterocycles. The second-order valence-electron chi connectivity index (χ2n) is 6.02. The lowest BCUT2D eigenvalue weighted by Crippen LogP contribution is -2.45. The van der Waals surface area contributed by atoms with Crippen molar-refractivity contribution in [3.63, 3.8) is 0 Å². The fourth-order valence-electron chi connectivity index (χ4n) is 2.83. The number of benzene rings is 1. The van der Waals surface area contributed by atoms with Gasteiger partial charge in [0.05, 0.1) is 18.4 Å². The molecule has 0 spiro atoms. The second kappa shape index (κ2) is 7.81. The first-order valence-corrected chi connectivity index (χ1v) is 9.01. The number of aryl methyl sites for hydroxylation is 1. The third kappa shape index (κ3) is 5.65. The molecular formula is C15H17F7N2OS. The van der Waals surface area contributed by atoms with Crippen LogP contribution in [0, 0.1) is 12.7 Å². The molecule has 1 saturated heterocycles. The molecule has 0 bridgehead atoms. The molecule has 148 valence electrons. The first-order chi connectivity index (χ1) is 11.9. The van der Waals surface area contributed by atoms with E-state index in [4.69, 9.17) is 0 Å². The maximum Gasteiger partial charge on any atom is 0.433 e. The van der Waals surface area contributed by atoms with E-state index in [0.717, 1.165) is 12.1 Å². The molecule has 1 N–H and O–H groups in total. The standard InChI is InChI=1S/C15H17F7N2OS/c1-9-5-10(16)11(6-12(9)26(25)8-15(20,21)22)24-4-2-3-13(24)23-7-14(17,18)19/h5-6,13,23H,2-4,7-8H2,1H3. The molecule has 2 rings (SSSR count). The van der Waals surface area contributed by atoms with Gasteiger partial charge in [0, 0.05) is 18.2 Å². The van der Waals surface area contributed by atoms with E-state index in [-0.39, 0.29) is 22.7 Å². The number of hydrogen-bond acceptors (Lipinski definition) is 3. The first kappa shape index (κ1) is 21.1. The van der Waals surface area contributed by atoms with Gasteiger partial charge < -0.3 is 9.45 Å². The summed E-state index contributed by atoms with van der Waals surface area (Å²) in [4.78, 5) is 1.15. The van der Waals surface area contributed by atoms with Crippen LogP contribution in [-0.2, 0) is 11.2 Å². The van der Waals surface area contributed by atoms with Crippen LogP contribution in [0.4, 0.5) is 36.4 Å². The molecule has 1 fully saturated rings. The number of nitrogens with one attached hydrogen (secondary N) is 1. The van der Waals surface area contributed by atoms with Crippen LogP contribution in [0.3, 0.4) is 0 Å². The quantitative estimate of drug-likeness (QED) is 0.596. The number of anilines is 1. The van der Waals surface area contributed by atoms with Gasteiger partial charge in [-0.15, -0.1) is 0 Å². The maximum atomic E-state index is 14.3. The van der Waals surface area contributed by atoms with Crippen LogP contribution < -0.4 is 10.2 Å². The number of alkyl halides is 6. The summed E-state index contributed by atoms with van der Waals surface area (Å²) in [5.74, 6) is -2.36. The van der Waals surface area contributed by atoms with Gasteiger partial charge >= 0.3 is 12.4 Å². The molecule has 0 radical (unpaired) electrons. The molecule has 2 unspecified atom stereocenters. The average molecular weight is 406 g/mol. The minimum absolute atomic E-state index is 0.0906. The van der Waals surface area contributed by atoms with Crippen LogP contribution in [0.5, 0.6) is 0 Å². The Balaban J connectivity index is 2.26. The monoisotopic (exact) mass is 406 g/mol. The van der Waals surface area contributed by atoms with Crippen LogP contribution >= 0.6 is 0 Å². The predicted molar refractivity (Wildman–Crippen MR) is 82.9 cm³/mol. The summed E-state index contributed by atoms with van der Waals surface area (Å²) in [6.07, 6.45) is -9.10. The summed E-state index contributed by atoms with van der Waals surface area (Å²) in [5, 5.41) is 2.28. The Labute approximate surface area is 148 Å². The van der Waals surface area contributed by atoms with Gasteiger partial charge in [0.2, 0.25) is 5.75 Å². The Morgan fingerprint density at radius 1 is 1.19 bits per heavy atom. The van der Waals surface area contributed by atoms with E-state index >= 15 is 0 Å². The van der Waals surface area contributed by atoms with E-state index in [1.54, 1.807) is 0 Å². The molecular weight excluding hydrogens is 389 g/mol. The molecule has 0 aliphatic carbocycles. The summed E-state index contributed by atoms with van der Waals surface area (Å²) in [6, 6.07) is 2.00. The van der Waals surface area contributed by atoms with Crippen molar-refractivity contribution in [2.45, 2.75) is 43.2 Å². The van der Waals surface area contributed by atoms with Crippen molar-refractivity contribution >= 4 is 16.9 Å². The Hall–Kier alpha value is -1.20. The number of rotatable bonds is 5. The lowest BCUT2D eigenvalue weighted by atomic mass is 10.2. The van der Waals surface area contributed by atoms with E-state index in [2.05, 4.69) is 5.32 Å². The first-order valence-electron chi connectivity index (χ1n) is 7.69. The molecule has 11 heteroatoms. The molecule has 3 nitrogen and oxygen atoms in total. The highest BCUT2D eigenvalue weighted by atomic mass is 32.2. The highest BCUT2D eigenvalue weighted by Gasteiger charge is 2.37. The molecule has 1 aromatic carbocycles. The summed E-state index contributed by atoms with van der Waals surface area (Å²) < 4.78 is 101. The van der Waals surface area contributed by atoms with Crippen molar-refractivity contribution in [1.29, 1.82) is 0 Å². The summed E-state index contributed by atoms with van der Waals surface area (Å²) in [5.41, 5.74) is -0.0638. The molecule has 0 aromatic heterocycles. The minimum Gasteiger partial charge on any atom is -0.611 e. The number of halogens is 7. The fourth-order valence-corrected chi connectivity index (χ4v) is 3.95. The summed E-state index contributed by atoms with van der Waals surface area (Å²) >= 11 is -2.43. The third-order valence-electron chi connectivity index (χ3n) is 3.88. The molecule has 1 aliphatic heterocycles. The van der Waals surface area contributed by atoms with E-state index in [1.165, 1.54) is 11.8 Å². The lowest BCUT2D eigenvalue weighted by Gasteiger charge is -2.29. The van der Waals surface area contributed by atoms with E-state index in [9.17, 15) is 35.3 Å². The van der Waals surface area contributed by atoms with E-state index in [1.807, 2.05) is 0 Å². The Morgan fingerprint density at radius 2 is 1.85 bits per heavy atom. The van der Waals surface area contributed by atoms with Gasteiger partial charge in [0.1, 0.15) is 5.82 Å². The smallest absolute Gasteiger partial charge is 0.433 e. The van der Waals surface area contributed by atoms with Gasteiger partial charge in [0.25, 0.3) is 0 Å². The lowest BCUT2D eigenvalue weighted by molar-refractivity contribution is -0.126. The molecule has 2 atom stereocenters. The van der Waals surface area contributed by atoms with Crippen LogP contribution in [0.15, 0.2) is 17.0 Å². The van der Waals surface area contributed by atoms with E-state index < -0.39 is 47.8 Å². The zero-order valence-electron chi connectivity index (χ0n) is 13.7. The van der Waals surface area contributed by atoms with Gasteiger partial charge in [-0.2, -0.15) is 26.3 Å². The highest BCUT2D eigenvalue weighted by molar-refractivity contribution is 7.91. The predicted octanol–water partition coefficient (Wildman–Crippen LogP) is 3.88. The molecule has 0 amide bonds. The number of nitrogens with zero attached hydrogens (tertiary/aromatic N) is 1. The van der Waals surface area contributed by atoms with E-state index in [0.29, 0.717) is 12.8 Å². The average Bonchev–Trinajstić information content (AvgIpc) is 2.90. The highest BCUT2D eigenvalue weighted by Crippen LogP contribution is 2.33. The molecule has 26 heavy (non-hydrogen) atoms. The summed E-state index contributed by atoms with van der Waals surface area (Å²) in [6.45, 7) is 0.301. The zero-order valence-corrected chi connectivity index (χ0v) is 14.5. The molecule has 0 saturated carbocycles. The minimum atomic E-state index is -4.66. The van der Waals surface area contributed by atoms with Crippen molar-refractivity contribution in [1.82, 2.24) is 5.32 Å². The van der Waals surface area contributed by atoms with Crippen LogP contribution in [0.1, 0.15) is 18.4 Å². The number of hydrogen-bond donors (Lipinski definition) is 1. The van der Waals surface area contributed by atoms with Crippen molar-refractivity contribution in [2.24, 2.45) is 0 Å². The van der Waals surface area contributed by atoms with Crippen molar-refractivity contribution in [3.05, 3.63) is 23.5 Å². The van der Waals surface area contributed by atoms with Crippen LogP contribution in [0.2, 0.25) is 0 Å². The Bertz CT molecular complexity index is 636. The van der Waals surface area contributed by atoms with Gasteiger partial charge in [0.15, 0.2) is 4.90 Å². The maximum absolute atomic E-state index is 14.3. The topological polar surface area (TPSA) is 38.3 Å².